The third kappa shape index (κ3) is 24.1. The Kier molecular flexibility index (Phi) is 34.6. The van der Waals surface area contributed by atoms with Gasteiger partial charge in [-0.1, -0.05) is 138 Å². The second kappa shape index (κ2) is 43.9. The summed E-state index contributed by atoms with van der Waals surface area (Å²) in [7, 11) is 0. The van der Waals surface area contributed by atoms with E-state index in [-0.39, 0.29) is 141 Å². The van der Waals surface area contributed by atoms with Crippen molar-refractivity contribution in [1.29, 1.82) is 0 Å². The Labute approximate surface area is 824 Å². The molecular formula is C113H176O25. The van der Waals surface area contributed by atoms with Gasteiger partial charge in [-0.15, -0.1) is 0 Å². The Balaban J connectivity index is 0.000000133. The number of rotatable bonds is 12. The van der Waals surface area contributed by atoms with Crippen LogP contribution in [0.2, 0.25) is 0 Å². The van der Waals surface area contributed by atoms with E-state index < -0.39 is 47.5 Å². The standard InChI is InChI=1S/C20H30O3.C17H28O2.C15H24O3.C15H26O2.C14H20O4.C14H24O2.3C6H8O3/c1-11-12(2)16-4-15(11)5-17(16)18(21)23-20-8-13-3-14(9-20)7-19(22,6-13)10-20;1-11-12(2)14-9-13(11)10-15(14)16(18)19-17(3)7-5-4-6-8-17;1-9-10(2)12-7-11(9)8-13(12)15(16)18-14-5-3-4-6-17-14;1-6-15(4,5)17-14(16)13-8-11-7-12(13)10(3)9(11)2;1-7-8(2)10-5-9(7)6-11(10)13(15)18-12-3-4-17-14(12)16;1-8-9(2)11-6-10(8)7-12(11)13(15)16-14(3,4)5;3*1-3-4(2)6(8)9-5(3)7/h11-17,22H,3-10H2,1-2H3;11-15H,4-10H2,1-3H3;9-14H,3-8H2,1-2H3;9-13H,6-8H2,1-5H3;7-12H,3-6H2,1-2H3;8-12H,6-7H2,1-5H3;3*3-4H,1-2H3. The van der Waals surface area contributed by atoms with Crippen LogP contribution < -0.4 is 0 Å². The van der Waals surface area contributed by atoms with Crippen molar-refractivity contribution >= 4 is 77.6 Å². The lowest BCUT2D eigenvalue weighted by Crippen LogP contribution is -2.60. The minimum absolute atomic E-state index is 0.00755. The highest BCUT2D eigenvalue weighted by atomic mass is 16.7. The maximum atomic E-state index is 13.0. The summed E-state index contributed by atoms with van der Waals surface area (Å²) >= 11 is 0. The fourth-order valence-corrected chi connectivity index (χ4v) is 30.2. The van der Waals surface area contributed by atoms with Gasteiger partial charge in [0, 0.05) is 19.3 Å². The van der Waals surface area contributed by atoms with Crippen molar-refractivity contribution in [2.24, 2.45) is 225 Å². The molecule has 0 aromatic carbocycles. The Morgan fingerprint density at radius 2 is 0.667 bits per heavy atom. The maximum Gasteiger partial charge on any atom is 0.347 e. The third-order valence-electron chi connectivity index (χ3n) is 41.0. The first-order chi connectivity index (χ1) is 64.6. The van der Waals surface area contributed by atoms with Crippen molar-refractivity contribution in [2.45, 2.75) is 393 Å². The van der Waals surface area contributed by atoms with Gasteiger partial charge in [0.1, 0.15) is 22.4 Å². The maximum absolute atomic E-state index is 13.0. The van der Waals surface area contributed by atoms with Crippen LogP contribution in [0.1, 0.15) is 353 Å². The molecule has 25 nitrogen and oxygen atoms in total. The predicted octanol–water partition coefficient (Wildman–Crippen LogP) is 20.4. The summed E-state index contributed by atoms with van der Waals surface area (Å²) in [6.07, 6.45) is 28.8. The van der Waals surface area contributed by atoms with Gasteiger partial charge in [-0.2, -0.15) is 0 Å². The van der Waals surface area contributed by atoms with Crippen LogP contribution >= 0.6 is 0 Å². The zero-order chi connectivity index (χ0) is 101. The molecule has 25 heteroatoms. The van der Waals surface area contributed by atoms with Crippen molar-refractivity contribution in [2.75, 3.05) is 13.2 Å². The highest BCUT2D eigenvalue weighted by Gasteiger charge is 2.63. The fourth-order valence-electron chi connectivity index (χ4n) is 30.2. The van der Waals surface area contributed by atoms with Gasteiger partial charge in [0.05, 0.1) is 89.8 Å². The second-order valence-corrected chi connectivity index (χ2v) is 50.7. The molecule has 0 spiro atoms. The Morgan fingerprint density at radius 3 is 0.942 bits per heavy atom. The van der Waals surface area contributed by atoms with E-state index in [0.29, 0.717) is 108 Å². The number of hydrogen-bond donors (Lipinski definition) is 1. The van der Waals surface area contributed by atoms with Crippen LogP contribution in [-0.2, 0) is 114 Å². The number of aliphatic hydroxyl groups is 1. The molecule has 0 radical (unpaired) electrons. The molecule has 17 saturated carbocycles. The normalized spacial score (nSPS) is 45.0. The highest BCUT2D eigenvalue weighted by Crippen LogP contribution is 2.64. The lowest BCUT2D eigenvalue weighted by atomic mass is 9.52. The van der Waals surface area contributed by atoms with Gasteiger partial charge in [-0.25, -0.2) is 4.79 Å². The van der Waals surface area contributed by atoms with Crippen LogP contribution in [0, 0.1) is 225 Å². The van der Waals surface area contributed by atoms with Gasteiger partial charge >= 0.3 is 77.6 Å². The summed E-state index contributed by atoms with van der Waals surface area (Å²) in [6.45, 7) is 53.1. The van der Waals surface area contributed by atoms with Crippen LogP contribution in [0.15, 0.2) is 0 Å². The van der Waals surface area contributed by atoms with E-state index in [0.717, 1.165) is 181 Å². The van der Waals surface area contributed by atoms with E-state index in [2.05, 4.69) is 111 Å². The molecule has 16 bridgehead atoms. The molecule has 22 fully saturated rings. The fraction of sp³-hybridized carbons (Fsp3) is 0.885. The Bertz CT molecular complexity index is 4180. The number of carbonyl (C=O) groups excluding carboxylic acids is 13. The zero-order valence-corrected chi connectivity index (χ0v) is 88.6. The summed E-state index contributed by atoms with van der Waals surface area (Å²) < 4.78 is 57.5. The first kappa shape index (κ1) is 109. The van der Waals surface area contributed by atoms with Crippen molar-refractivity contribution in [3.05, 3.63) is 0 Å². The van der Waals surface area contributed by atoms with Crippen molar-refractivity contribution in [1.82, 2.24) is 0 Å². The highest BCUT2D eigenvalue weighted by molar-refractivity contribution is 5.97. The third-order valence-corrected chi connectivity index (χ3v) is 41.0. The molecule has 40 unspecified atom stereocenters. The monoisotopic (exact) mass is 1930 g/mol. The van der Waals surface area contributed by atoms with Crippen LogP contribution in [0.4, 0.5) is 0 Å². The molecule has 22 aliphatic rings. The van der Waals surface area contributed by atoms with E-state index in [1.54, 1.807) is 41.5 Å². The average Bonchev–Trinajstić information content (AvgIpc) is 1.30. The smallest absolute Gasteiger partial charge is 0.347 e. The average molecular weight is 1930 g/mol. The number of cyclic esters (lactones) is 7. The van der Waals surface area contributed by atoms with Crippen molar-refractivity contribution in [3.8, 4) is 0 Å². The summed E-state index contributed by atoms with van der Waals surface area (Å²) in [5.41, 5.74) is -1.67. The molecule has 40 atom stereocenters. The molecule has 138 heavy (non-hydrogen) atoms. The van der Waals surface area contributed by atoms with Crippen LogP contribution in [0.3, 0.4) is 0 Å². The van der Waals surface area contributed by atoms with Gasteiger partial charge in [-0.05, 0) is 350 Å². The molecule has 0 amide bonds. The van der Waals surface area contributed by atoms with Gasteiger partial charge in [0.25, 0.3) is 0 Å². The predicted molar refractivity (Wildman–Crippen MR) is 514 cm³/mol. The summed E-state index contributed by atoms with van der Waals surface area (Å²) in [6, 6.07) is 0. The van der Waals surface area contributed by atoms with Gasteiger partial charge in [0.15, 0.2) is 0 Å². The van der Waals surface area contributed by atoms with Crippen LogP contribution in [0.25, 0.3) is 0 Å². The number of ether oxygens (including phenoxy) is 11. The quantitative estimate of drug-likeness (QED) is 0.108. The Morgan fingerprint density at radius 1 is 0.348 bits per heavy atom. The minimum Gasteiger partial charge on any atom is -0.463 e. The summed E-state index contributed by atoms with van der Waals surface area (Å²) in [5, 5.41) is 10.8. The molecule has 5 aliphatic heterocycles. The van der Waals surface area contributed by atoms with Gasteiger partial charge in [0.2, 0.25) is 12.4 Å². The molecule has 22 rings (SSSR count). The van der Waals surface area contributed by atoms with E-state index in [9.17, 15) is 67.4 Å². The molecule has 17 aliphatic carbocycles. The molecule has 5 heterocycles. The number of hydrogen-bond acceptors (Lipinski definition) is 25. The van der Waals surface area contributed by atoms with E-state index in [4.69, 9.17) is 37.9 Å². The molecule has 0 aromatic heterocycles. The van der Waals surface area contributed by atoms with E-state index in [1.807, 2.05) is 34.6 Å². The molecule has 1 N–H and O–H groups in total. The molecule has 778 valence electrons. The van der Waals surface area contributed by atoms with Gasteiger partial charge in [-0.3, -0.25) is 57.5 Å². The molecular weight excluding hydrogens is 1760 g/mol. The van der Waals surface area contributed by atoms with E-state index >= 15 is 0 Å². The second-order valence-electron chi connectivity index (χ2n) is 50.7. The largest absolute Gasteiger partial charge is 0.463 e. The number of carbonyl (C=O) groups is 13. The lowest BCUT2D eigenvalue weighted by molar-refractivity contribution is -0.224. The first-order valence-corrected chi connectivity index (χ1v) is 54.7. The van der Waals surface area contributed by atoms with E-state index in [1.165, 1.54) is 57.8 Å². The minimum atomic E-state index is -0.649. The van der Waals surface area contributed by atoms with Crippen molar-refractivity contribution < 1.29 is 120 Å². The number of esters is 13. The van der Waals surface area contributed by atoms with Crippen LogP contribution in [-0.4, -0.2) is 136 Å². The lowest BCUT2D eigenvalue weighted by Gasteiger charge is -2.59. The summed E-state index contributed by atoms with van der Waals surface area (Å²) in [5.74, 6) is 14.3. The molecule has 5 saturated heterocycles. The SMILES string of the molecule is CC1C(=O)OC(=O)C1C.CC1C(=O)OC(=O)C1C.CC1C(=O)OC(=O)C1C.CC1C2CC(C(=O)OC(C)(C)C)C(C2)C1C.CC1C2CC(C(=O)OC3(C)CCCCC3)C(C2)C1C.CC1C2CC(C(=O)OC34CC5CC(CC(O)(C5)C3)C4)C(C2)C1C.CC1C2CC(C(=O)OC3CCCCO3)C(C2)C1C.CC1C2CC(C(=O)OC3CCOC3=O)C(C2)C1C.CCC(C)(C)OC(=O)C1CC2CC1C(C)C2C. The first-order valence-electron chi connectivity index (χ1n) is 54.7. The topological polar surface area (TPSA) is 344 Å². The summed E-state index contributed by atoms with van der Waals surface area (Å²) in [4.78, 5) is 149. The van der Waals surface area contributed by atoms with Crippen LogP contribution in [0.5, 0.6) is 0 Å². The molecule has 0 aromatic rings. The number of fused-ring (bicyclic) bond motifs is 12. The van der Waals surface area contributed by atoms with Crippen molar-refractivity contribution in [3.63, 3.8) is 0 Å². The van der Waals surface area contributed by atoms with Gasteiger partial charge < -0.3 is 57.2 Å². The Hall–Kier alpha value is -6.37. The zero-order valence-electron chi connectivity index (χ0n) is 88.6.